The molecule has 0 bridgehead atoms. The molecule has 1 aromatic carbocycles. The van der Waals surface area contributed by atoms with Crippen LogP contribution in [0.2, 0.25) is 0 Å². The van der Waals surface area contributed by atoms with Gasteiger partial charge in [-0.1, -0.05) is 12.1 Å². The summed E-state index contributed by atoms with van der Waals surface area (Å²) >= 11 is 0. The van der Waals surface area contributed by atoms with Crippen molar-refractivity contribution in [2.45, 2.75) is 19.0 Å². The van der Waals surface area contributed by atoms with Crippen molar-refractivity contribution in [3.8, 4) is 0 Å². The van der Waals surface area contributed by atoms with Crippen molar-refractivity contribution >= 4 is 0 Å². The normalized spacial score (nSPS) is 12.5. The van der Waals surface area contributed by atoms with Crippen molar-refractivity contribution in [1.29, 1.82) is 0 Å². The molecule has 0 fully saturated rings. The number of nitrogens with zero attached hydrogens (tertiary/aromatic N) is 1. The Kier molecular flexibility index (Phi) is 6.51. The Hall–Kier alpha value is -1.73. The Morgan fingerprint density at radius 3 is 2.43 bits per heavy atom. The average molecular weight is 302 g/mol. The smallest absolute Gasteiger partial charge is 0.401 e. The molecule has 0 aliphatic heterocycles. The Balaban J connectivity index is 2.48. The highest BCUT2D eigenvalue weighted by Gasteiger charge is 2.29. The van der Waals surface area contributed by atoms with Crippen LogP contribution in [0.5, 0.6) is 0 Å². The van der Waals surface area contributed by atoms with Gasteiger partial charge in [0.1, 0.15) is 0 Å². The fourth-order valence-electron chi connectivity index (χ4n) is 1.73. The van der Waals surface area contributed by atoms with Crippen LogP contribution in [-0.2, 0) is 12.6 Å². The molecule has 1 rings (SSSR count). The molecule has 0 radical (unpaired) electrons. The van der Waals surface area contributed by atoms with Crippen molar-refractivity contribution < 1.29 is 13.2 Å². The lowest BCUT2D eigenvalue weighted by molar-refractivity contribution is -0.137. The summed E-state index contributed by atoms with van der Waals surface area (Å²) in [5.74, 6) is 5.77. The Morgan fingerprint density at radius 2 is 1.90 bits per heavy atom. The van der Waals surface area contributed by atoms with Gasteiger partial charge in [-0.2, -0.15) is 13.2 Å². The van der Waals surface area contributed by atoms with Crippen LogP contribution in [0.25, 0.3) is 0 Å². The number of halogens is 3. The van der Waals surface area contributed by atoms with Gasteiger partial charge in [-0.3, -0.25) is 0 Å². The maximum atomic E-state index is 12.4. The van der Waals surface area contributed by atoms with E-state index in [-0.39, 0.29) is 0 Å². The number of hydrazine groups is 1. The van der Waals surface area contributed by atoms with Crippen molar-refractivity contribution in [3.63, 3.8) is 0 Å². The summed E-state index contributed by atoms with van der Waals surface area (Å²) in [7, 11) is 1.83. The monoisotopic (exact) mass is 302 g/mol. The van der Waals surface area contributed by atoms with Gasteiger partial charge in [-0.25, -0.2) is 5.84 Å². The second-order valence-corrected chi connectivity index (χ2v) is 4.74. The summed E-state index contributed by atoms with van der Waals surface area (Å²) in [5, 5.41) is 4.42. The van der Waals surface area contributed by atoms with Gasteiger partial charge >= 0.3 is 6.18 Å². The molecule has 0 spiro atoms. The van der Waals surface area contributed by atoms with E-state index < -0.39 is 11.7 Å². The maximum Gasteiger partial charge on any atom is 0.416 e. The van der Waals surface area contributed by atoms with Crippen LogP contribution in [0.4, 0.5) is 13.2 Å². The lowest BCUT2D eigenvalue weighted by Crippen LogP contribution is -2.29. The number of rotatable bonds is 7. The molecule has 0 saturated heterocycles. The molecule has 118 valence electrons. The number of hydrogen-bond acceptors (Lipinski definition) is 4. The highest BCUT2D eigenvalue weighted by molar-refractivity contribution is 5.24. The van der Waals surface area contributed by atoms with Crippen molar-refractivity contribution in [2.75, 3.05) is 20.1 Å². The third kappa shape index (κ3) is 6.50. The van der Waals surface area contributed by atoms with Crippen LogP contribution < -0.4 is 16.9 Å². The first-order chi connectivity index (χ1) is 9.82. The largest absolute Gasteiger partial charge is 0.416 e. The van der Waals surface area contributed by atoms with Gasteiger partial charge in [0.2, 0.25) is 0 Å². The lowest BCUT2D eigenvalue weighted by atomic mass is 10.1. The molecule has 0 aliphatic carbocycles. The van der Waals surface area contributed by atoms with E-state index in [1.54, 1.807) is 6.20 Å². The number of nitrogens with one attached hydrogen (secondary N) is 1. The topological polar surface area (TPSA) is 67.3 Å². The second kappa shape index (κ2) is 7.90. The van der Waals surface area contributed by atoms with Crippen LogP contribution in [0.3, 0.4) is 0 Å². The second-order valence-electron chi connectivity index (χ2n) is 4.74. The minimum atomic E-state index is -4.30. The average Bonchev–Trinajstić information content (AvgIpc) is 2.42. The molecule has 0 aliphatic rings. The first kappa shape index (κ1) is 17.3. The number of alkyl halides is 3. The molecule has 21 heavy (non-hydrogen) atoms. The van der Waals surface area contributed by atoms with Gasteiger partial charge in [0.15, 0.2) is 0 Å². The summed E-state index contributed by atoms with van der Waals surface area (Å²) < 4.78 is 37.3. The van der Waals surface area contributed by atoms with E-state index in [2.05, 4.69) is 5.32 Å². The van der Waals surface area contributed by atoms with Crippen molar-refractivity contribution in [3.05, 3.63) is 47.3 Å². The van der Waals surface area contributed by atoms with Crippen molar-refractivity contribution in [2.24, 2.45) is 11.6 Å². The van der Waals surface area contributed by atoms with Gasteiger partial charge in [-0.05, 0) is 31.2 Å². The molecule has 7 heteroatoms. The number of benzene rings is 1. The fourth-order valence-corrected chi connectivity index (χ4v) is 1.73. The summed E-state index contributed by atoms with van der Waals surface area (Å²) in [5.41, 5.74) is 6.57. The molecule has 0 saturated carbocycles. The van der Waals surface area contributed by atoms with E-state index in [1.807, 2.05) is 7.05 Å². The van der Waals surface area contributed by atoms with E-state index >= 15 is 0 Å². The highest BCUT2D eigenvalue weighted by atomic mass is 19.4. The Morgan fingerprint density at radius 1 is 1.29 bits per heavy atom. The zero-order valence-electron chi connectivity index (χ0n) is 12.0. The van der Waals surface area contributed by atoms with Crippen LogP contribution >= 0.6 is 0 Å². The highest BCUT2D eigenvalue weighted by Crippen LogP contribution is 2.29. The number of hydrogen-bond donors (Lipinski definition) is 3. The summed E-state index contributed by atoms with van der Waals surface area (Å²) in [4.78, 5) is 0. The SMILES string of the molecule is CNCC/C(N)=C/N(N)CCc1ccc(C(F)(F)F)cc1. The molecule has 0 aromatic heterocycles. The van der Waals surface area contributed by atoms with Crippen LogP contribution in [0.1, 0.15) is 17.5 Å². The summed E-state index contributed by atoms with van der Waals surface area (Å²) in [6.45, 7) is 1.24. The van der Waals surface area contributed by atoms with Crippen LogP contribution in [0, 0.1) is 0 Å². The quantitative estimate of drug-likeness (QED) is 0.531. The molecule has 0 heterocycles. The fraction of sp³-hybridized carbons (Fsp3) is 0.429. The Bertz CT molecular complexity index is 454. The zero-order valence-corrected chi connectivity index (χ0v) is 12.0. The first-order valence-corrected chi connectivity index (χ1v) is 6.61. The van der Waals surface area contributed by atoms with Gasteiger partial charge in [0, 0.05) is 31.4 Å². The minimum absolute atomic E-state index is 0.478. The minimum Gasteiger partial charge on any atom is -0.401 e. The molecular formula is C14H21F3N4. The van der Waals surface area contributed by atoms with Gasteiger partial charge < -0.3 is 16.1 Å². The standard InChI is InChI=1S/C14H21F3N4/c1-20-8-6-13(18)10-21(19)9-7-11-2-4-12(5-3-11)14(15,16)17/h2-5,10,20H,6-9,18-19H2,1H3/b13-10-. The van der Waals surface area contributed by atoms with E-state index in [9.17, 15) is 13.2 Å². The first-order valence-electron chi connectivity index (χ1n) is 6.61. The maximum absolute atomic E-state index is 12.4. The van der Waals surface area contributed by atoms with Crippen molar-refractivity contribution in [1.82, 2.24) is 10.3 Å². The third-order valence-electron chi connectivity index (χ3n) is 2.94. The van der Waals surface area contributed by atoms with E-state index in [4.69, 9.17) is 11.6 Å². The Labute approximate surface area is 122 Å². The van der Waals surface area contributed by atoms with Gasteiger partial charge in [0.25, 0.3) is 0 Å². The summed E-state index contributed by atoms with van der Waals surface area (Å²) in [6, 6.07) is 5.08. The predicted octanol–water partition coefficient (Wildman–Crippen LogP) is 1.83. The molecule has 4 nitrogen and oxygen atoms in total. The molecule has 0 unspecified atom stereocenters. The third-order valence-corrected chi connectivity index (χ3v) is 2.94. The van der Waals surface area contributed by atoms with E-state index in [0.29, 0.717) is 25.1 Å². The molecular weight excluding hydrogens is 281 g/mol. The van der Waals surface area contributed by atoms with E-state index in [0.717, 1.165) is 24.2 Å². The van der Waals surface area contributed by atoms with Gasteiger partial charge in [0.05, 0.1) is 5.56 Å². The van der Waals surface area contributed by atoms with Crippen LogP contribution in [0.15, 0.2) is 36.2 Å². The number of nitrogens with two attached hydrogens (primary N) is 2. The molecule has 1 aromatic rings. The van der Waals surface area contributed by atoms with E-state index in [1.165, 1.54) is 17.1 Å². The van der Waals surface area contributed by atoms with Crippen LogP contribution in [-0.4, -0.2) is 25.1 Å². The molecule has 5 N–H and O–H groups in total. The predicted molar refractivity (Wildman–Crippen MR) is 76.9 cm³/mol. The lowest BCUT2D eigenvalue weighted by Gasteiger charge is -2.15. The van der Waals surface area contributed by atoms with Gasteiger partial charge in [-0.15, -0.1) is 0 Å². The summed E-state index contributed by atoms with van der Waals surface area (Å²) in [6.07, 6.45) is -1.43. The zero-order chi connectivity index (χ0) is 15.9. The molecule has 0 atom stereocenters. The molecule has 0 amide bonds.